The van der Waals surface area contributed by atoms with Crippen molar-refractivity contribution in [3.63, 3.8) is 0 Å². The van der Waals surface area contributed by atoms with Gasteiger partial charge >= 0.3 is 0 Å². The summed E-state index contributed by atoms with van der Waals surface area (Å²) in [6.45, 7) is 4.62. The summed E-state index contributed by atoms with van der Waals surface area (Å²) in [5, 5.41) is -0.840. The third kappa shape index (κ3) is 3.38. The Labute approximate surface area is 102 Å². The number of thiocarbonyl (C=S) groups is 1. The number of nitrogens with one attached hydrogen (secondary N) is 1. The summed E-state index contributed by atoms with van der Waals surface area (Å²) in [5.41, 5.74) is 5.34. The van der Waals surface area contributed by atoms with Gasteiger partial charge in [-0.2, -0.15) is 0 Å². The summed E-state index contributed by atoms with van der Waals surface area (Å²) in [4.78, 5) is -0.0117. The molecule has 94 valence electrons. The Bertz CT molecular complexity index is 350. The van der Waals surface area contributed by atoms with E-state index in [-0.39, 0.29) is 16.9 Å². The molecule has 1 rings (SSSR count). The van der Waals surface area contributed by atoms with Crippen molar-refractivity contribution in [3.05, 3.63) is 0 Å². The van der Waals surface area contributed by atoms with E-state index in [0.29, 0.717) is 13.2 Å². The van der Waals surface area contributed by atoms with Crippen molar-refractivity contribution in [3.8, 4) is 0 Å². The molecule has 0 spiro atoms. The average molecular weight is 266 g/mol. The maximum Gasteiger partial charge on any atom is 0.220 e. The number of sulfonamides is 1. The average Bonchev–Trinajstić information content (AvgIpc) is 2.68. The molecule has 3 atom stereocenters. The Hall–Kier alpha value is -0.240. The highest BCUT2D eigenvalue weighted by molar-refractivity contribution is 7.93. The van der Waals surface area contributed by atoms with Crippen LogP contribution in [0.25, 0.3) is 0 Å². The van der Waals surface area contributed by atoms with E-state index in [1.807, 2.05) is 6.92 Å². The fourth-order valence-electron chi connectivity index (χ4n) is 1.56. The van der Waals surface area contributed by atoms with Crippen LogP contribution in [-0.4, -0.2) is 37.9 Å². The van der Waals surface area contributed by atoms with Gasteiger partial charge in [0.2, 0.25) is 10.0 Å². The molecule has 0 saturated carbocycles. The monoisotopic (exact) mass is 266 g/mol. The van der Waals surface area contributed by atoms with E-state index in [0.717, 1.165) is 6.42 Å². The Balaban J connectivity index is 2.61. The number of hydrogen-bond donors (Lipinski definition) is 2. The molecule has 0 radical (unpaired) electrons. The normalized spacial score (nSPS) is 25.2. The summed E-state index contributed by atoms with van der Waals surface area (Å²) in [7, 11) is -3.47. The van der Waals surface area contributed by atoms with Crippen LogP contribution >= 0.6 is 12.2 Å². The van der Waals surface area contributed by atoms with E-state index in [1.165, 1.54) is 6.92 Å². The predicted molar refractivity (Wildman–Crippen MR) is 66.7 cm³/mol. The van der Waals surface area contributed by atoms with Crippen molar-refractivity contribution in [2.75, 3.05) is 13.2 Å². The van der Waals surface area contributed by atoms with Crippen molar-refractivity contribution >= 4 is 27.2 Å². The van der Waals surface area contributed by atoms with Crippen LogP contribution in [0.4, 0.5) is 0 Å². The molecule has 3 unspecified atom stereocenters. The Kier molecular flexibility index (Phi) is 4.66. The second-order valence-electron chi connectivity index (χ2n) is 4.12. The van der Waals surface area contributed by atoms with E-state index in [1.54, 1.807) is 0 Å². The molecule has 1 saturated heterocycles. The topological polar surface area (TPSA) is 81.4 Å². The molecule has 0 aromatic carbocycles. The van der Waals surface area contributed by atoms with Crippen molar-refractivity contribution in [1.82, 2.24) is 4.72 Å². The molecule has 0 bridgehead atoms. The van der Waals surface area contributed by atoms with Crippen LogP contribution in [0.15, 0.2) is 0 Å². The summed E-state index contributed by atoms with van der Waals surface area (Å²) in [6.07, 6.45) is 0.880. The fraction of sp³-hybridized carbons (Fsp3) is 0.889. The van der Waals surface area contributed by atoms with Crippen LogP contribution in [0.2, 0.25) is 0 Å². The first-order chi connectivity index (χ1) is 7.34. The zero-order valence-electron chi connectivity index (χ0n) is 9.47. The van der Waals surface area contributed by atoms with Gasteiger partial charge in [-0.15, -0.1) is 0 Å². The minimum atomic E-state index is -3.47. The molecule has 0 aliphatic carbocycles. The minimum absolute atomic E-state index is 0.0117. The van der Waals surface area contributed by atoms with Gasteiger partial charge < -0.3 is 10.5 Å². The second kappa shape index (κ2) is 5.39. The van der Waals surface area contributed by atoms with Gasteiger partial charge in [-0.05, 0) is 20.3 Å². The van der Waals surface area contributed by atoms with Crippen LogP contribution in [0.1, 0.15) is 20.3 Å². The van der Waals surface area contributed by atoms with Crippen LogP contribution < -0.4 is 10.5 Å². The first-order valence-electron chi connectivity index (χ1n) is 5.23. The van der Waals surface area contributed by atoms with Crippen LogP contribution in [-0.2, 0) is 14.8 Å². The largest absolute Gasteiger partial charge is 0.392 e. The Morgan fingerprint density at radius 2 is 2.19 bits per heavy atom. The third-order valence-electron chi connectivity index (χ3n) is 2.89. The minimum Gasteiger partial charge on any atom is -0.392 e. The molecule has 1 fully saturated rings. The van der Waals surface area contributed by atoms with Gasteiger partial charge in [-0.3, -0.25) is 0 Å². The third-order valence-corrected chi connectivity index (χ3v) is 5.28. The van der Waals surface area contributed by atoms with Gasteiger partial charge in [0.1, 0.15) is 5.25 Å². The molecule has 7 heteroatoms. The highest BCUT2D eigenvalue weighted by Gasteiger charge is 2.29. The first kappa shape index (κ1) is 13.8. The molecule has 3 N–H and O–H groups in total. The number of rotatable bonds is 5. The van der Waals surface area contributed by atoms with Crippen molar-refractivity contribution in [2.45, 2.75) is 31.6 Å². The van der Waals surface area contributed by atoms with Crippen LogP contribution in [0.3, 0.4) is 0 Å². The van der Waals surface area contributed by atoms with Gasteiger partial charge in [0.25, 0.3) is 0 Å². The van der Waals surface area contributed by atoms with Crippen LogP contribution in [0, 0.1) is 5.92 Å². The maximum absolute atomic E-state index is 11.8. The van der Waals surface area contributed by atoms with Crippen LogP contribution in [0.5, 0.6) is 0 Å². The summed E-state index contributed by atoms with van der Waals surface area (Å²) < 4.78 is 31.5. The SMILES string of the molecule is CC(NS(=O)(=O)C(C)C(N)=S)C1CCOC1. The number of nitrogens with two attached hydrogens (primary N) is 1. The van der Waals surface area contributed by atoms with E-state index >= 15 is 0 Å². The molecular weight excluding hydrogens is 248 g/mol. The molecule has 1 aliphatic rings. The van der Waals surface area contributed by atoms with E-state index in [9.17, 15) is 8.42 Å². The molecule has 16 heavy (non-hydrogen) atoms. The van der Waals surface area contributed by atoms with Crippen molar-refractivity contribution < 1.29 is 13.2 Å². The molecule has 5 nitrogen and oxygen atoms in total. The summed E-state index contributed by atoms with van der Waals surface area (Å²) >= 11 is 4.69. The lowest BCUT2D eigenvalue weighted by molar-refractivity contribution is 0.180. The maximum atomic E-state index is 11.8. The molecule has 1 heterocycles. The molecule has 0 amide bonds. The van der Waals surface area contributed by atoms with Gasteiger partial charge in [-0.25, -0.2) is 13.1 Å². The lowest BCUT2D eigenvalue weighted by Crippen LogP contribution is -2.46. The lowest BCUT2D eigenvalue weighted by Gasteiger charge is -2.21. The number of ether oxygens (including phenoxy) is 1. The molecule has 0 aromatic heterocycles. The molecule has 0 aromatic rings. The van der Waals surface area contributed by atoms with E-state index < -0.39 is 15.3 Å². The zero-order valence-corrected chi connectivity index (χ0v) is 11.1. The van der Waals surface area contributed by atoms with E-state index in [4.69, 9.17) is 10.5 Å². The summed E-state index contributed by atoms with van der Waals surface area (Å²) in [6, 6.07) is -0.149. The number of hydrogen-bond acceptors (Lipinski definition) is 4. The van der Waals surface area contributed by atoms with E-state index in [2.05, 4.69) is 16.9 Å². The molecule has 1 aliphatic heterocycles. The Morgan fingerprint density at radius 1 is 1.56 bits per heavy atom. The molecular formula is C9H18N2O3S2. The van der Waals surface area contributed by atoms with Gasteiger partial charge in [0, 0.05) is 18.6 Å². The predicted octanol–water partition coefficient (Wildman–Crippen LogP) is 0.00540. The van der Waals surface area contributed by atoms with Crippen molar-refractivity contribution in [2.24, 2.45) is 11.7 Å². The van der Waals surface area contributed by atoms with Crippen molar-refractivity contribution in [1.29, 1.82) is 0 Å². The van der Waals surface area contributed by atoms with Gasteiger partial charge in [-0.1, -0.05) is 12.2 Å². The lowest BCUT2D eigenvalue weighted by atomic mass is 10.0. The highest BCUT2D eigenvalue weighted by atomic mass is 32.2. The quantitative estimate of drug-likeness (QED) is 0.685. The zero-order chi connectivity index (χ0) is 12.3. The Morgan fingerprint density at radius 3 is 2.62 bits per heavy atom. The van der Waals surface area contributed by atoms with Gasteiger partial charge in [0.15, 0.2) is 0 Å². The highest BCUT2D eigenvalue weighted by Crippen LogP contribution is 2.17. The summed E-state index contributed by atoms with van der Waals surface area (Å²) in [5.74, 6) is 0.230. The standard InChI is InChI=1S/C9H18N2O3S2/c1-6(8-3-4-14-5-8)11-16(12,13)7(2)9(10)15/h6-8,11H,3-5H2,1-2H3,(H2,10,15). The first-order valence-corrected chi connectivity index (χ1v) is 7.18. The van der Waals surface area contributed by atoms with Gasteiger partial charge in [0.05, 0.1) is 11.6 Å². The fourth-order valence-corrected chi connectivity index (χ4v) is 3.16. The smallest absolute Gasteiger partial charge is 0.220 e. The second-order valence-corrected chi connectivity index (χ2v) is 6.62.